The van der Waals surface area contributed by atoms with Crippen molar-refractivity contribution in [1.29, 1.82) is 0 Å². The maximum atomic E-state index is 13.4. The molecule has 0 aromatic heterocycles. The molecular weight excluding hydrogens is 249 g/mol. The van der Waals surface area contributed by atoms with Gasteiger partial charge in [-0.15, -0.1) is 0 Å². The van der Waals surface area contributed by atoms with Crippen molar-refractivity contribution in [3.05, 3.63) is 35.6 Å². The number of hydrogen-bond acceptors (Lipinski definition) is 1. The first-order chi connectivity index (χ1) is 9.64. The van der Waals surface area contributed by atoms with Crippen LogP contribution < -0.4 is 5.32 Å². The third-order valence-electron chi connectivity index (χ3n) is 4.81. The van der Waals surface area contributed by atoms with Crippen LogP contribution in [0, 0.1) is 11.2 Å². The molecule has 0 radical (unpaired) electrons. The van der Waals surface area contributed by atoms with Crippen molar-refractivity contribution in [3.8, 4) is 0 Å². The van der Waals surface area contributed by atoms with E-state index in [1.54, 1.807) is 6.07 Å². The molecule has 1 aliphatic carbocycles. The van der Waals surface area contributed by atoms with Gasteiger partial charge in [0.2, 0.25) is 0 Å². The second kappa shape index (κ2) is 7.21. The molecule has 0 aliphatic heterocycles. The number of benzene rings is 1. The van der Waals surface area contributed by atoms with Crippen molar-refractivity contribution in [2.24, 2.45) is 5.41 Å². The SMILES string of the molecule is CCCNC(Cc1cccc(F)c1)C1(C)CCCCC1. The Morgan fingerprint density at radius 3 is 2.65 bits per heavy atom. The standard InChI is InChI=1S/C18H28FN/c1-3-12-20-17(18(2)10-5-4-6-11-18)14-15-8-7-9-16(19)13-15/h7-9,13,17,20H,3-6,10-12,14H2,1-2H3. The maximum absolute atomic E-state index is 13.4. The van der Waals surface area contributed by atoms with Crippen LogP contribution in [0.4, 0.5) is 4.39 Å². The Morgan fingerprint density at radius 2 is 2.00 bits per heavy atom. The Morgan fingerprint density at radius 1 is 1.25 bits per heavy atom. The fraction of sp³-hybridized carbons (Fsp3) is 0.667. The van der Waals surface area contributed by atoms with Gasteiger partial charge in [-0.25, -0.2) is 4.39 Å². The lowest BCUT2D eigenvalue weighted by Gasteiger charge is -2.41. The Balaban J connectivity index is 2.10. The molecule has 1 saturated carbocycles. The number of halogens is 1. The quantitative estimate of drug-likeness (QED) is 0.794. The average Bonchev–Trinajstić information content (AvgIpc) is 2.44. The summed E-state index contributed by atoms with van der Waals surface area (Å²) < 4.78 is 13.4. The molecule has 0 amide bonds. The van der Waals surface area contributed by atoms with Crippen LogP contribution >= 0.6 is 0 Å². The summed E-state index contributed by atoms with van der Waals surface area (Å²) in [6.07, 6.45) is 8.72. The van der Waals surface area contributed by atoms with E-state index in [1.807, 2.05) is 6.07 Å². The highest BCUT2D eigenvalue weighted by molar-refractivity contribution is 5.18. The lowest BCUT2D eigenvalue weighted by atomic mass is 9.69. The van der Waals surface area contributed by atoms with Gasteiger partial charge in [-0.1, -0.05) is 45.2 Å². The molecule has 0 bridgehead atoms. The summed E-state index contributed by atoms with van der Waals surface area (Å²) in [4.78, 5) is 0. The van der Waals surface area contributed by atoms with Gasteiger partial charge in [0, 0.05) is 6.04 Å². The Labute approximate surface area is 123 Å². The van der Waals surface area contributed by atoms with Gasteiger partial charge >= 0.3 is 0 Å². The van der Waals surface area contributed by atoms with E-state index in [1.165, 1.54) is 38.2 Å². The minimum absolute atomic E-state index is 0.120. The Bertz CT molecular complexity index is 410. The molecule has 20 heavy (non-hydrogen) atoms. The summed E-state index contributed by atoms with van der Waals surface area (Å²) in [5, 5.41) is 3.73. The summed E-state index contributed by atoms with van der Waals surface area (Å²) in [6.45, 7) is 5.67. The van der Waals surface area contributed by atoms with Gasteiger partial charge < -0.3 is 5.32 Å². The third kappa shape index (κ3) is 4.05. The molecule has 0 spiro atoms. The summed E-state index contributed by atoms with van der Waals surface area (Å²) in [5.41, 5.74) is 1.48. The van der Waals surface area contributed by atoms with Gasteiger partial charge in [-0.2, -0.15) is 0 Å². The fourth-order valence-electron chi connectivity index (χ4n) is 3.49. The molecule has 1 aromatic rings. The number of nitrogens with one attached hydrogen (secondary N) is 1. The minimum Gasteiger partial charge on any atom is -0.313 e. The van der Waals surface area contributed by atoms with E-state index in [4.69, 9.17) is 0 Å². The summed E-state index contributed by atoms with van der Waals surface area (Å²) >= 11 is 0. The van der Waals surface area contributed by atoms with Crippen LogP contribution in [0.3, 0.4) is 0 Å². The van der Waals surface area contributed by atoms with Crippen molar-refractivity contribution in [2.75, 3.05) is 6.54 Å². The minimum atomic E-state index is -0.120. The van der Waals surface area contributed by atoms with Crippen LogP contribution in [0.5, 0.6) is 0 Å². The number of rotatable bonds is 6. The fourth-order valence-corrected chi connectivity index (χ4v) is 3.49. The molecule has 1 aromatic carbocycles. The van der Waals surface area contributed by atoms with E-state index in [2.05, 4.69) is 25.2 Å². The van der Waals surface area contributed by atoms with Crippen LogP contribution in [0.15, 0.2) is 24.3 Å². The first-order valence-electron chi connectivity index (χ1n) is 8.12. The van der Waals surface area contributed by atoms with Crippen LogP contribution in [-0.4, -0.2) is 12.6 Å². The second-order valence-corrected chi connectivity index (χ2v) is 6.56. The molecular formula is C18H28FN. The largest absolute Gasteiger partial charge is 0.313 e. The van der Waals surface area contributed by atoms with Gasteiger partial charge in [0.05, 0.1) is 0 Å². The predicted molar refractivity (Wildman–Crippen MR) is 83.4 cm³/mol. The zero-order chi connectivity index (χ0) is 14.4. The molecule has 0 heterocycles. The molecule has 1 N–H and O–H groups in total. The highest BCUT2D eigenvalue weighted by Gasteiger charge is 2.34. The topological polar surface area (TPSA) is 12.0 Å². The molecule has 1 unspecified atom stereocenters. The molecule has 1 atom stereocenters. The van der Waals surface area contributed by atoms with E-state index >= 15 is 0 Å². The Hall–Kier alpha value is -0.890. The molecule has 0 saturated heterocycles. The van der Waals surface area contributed by atoms with Crippen molar-refractivity contribution < 1.29 is 4.39 Å². The lowest BCUT2D eigenvalue weighted by Crippen LogP contribution is -2.46. The smallest absolute Gasteiger partial charge is 0.123 e. The van der Waals surface area contributed by atoms with Crippen molar-refractivity contribution in [2.45, 2.75) is 64.8 Å². The summed E-state index contributed by atoms with van der Waals surface area (Å²) in [7, 11) is 0. The first kappa shape index (κ1) is 15.5. The molecule has 2 rings (SSSR count). The highest BCUT2D eigenvalue weighted by Crippen LogP contribution is 2.39. The third-order valence-corrected chi connectivity index (χ3v) is 4.81. The van der Waals surface area contributed by atoms with Crippen molar-refractivity contribution in [3.63, 3.8) is 0 Å². The lowest BCUT2D eigenvalue weighted by molar-refractivity contribution is 0.143. The van der Waals surface area contributed by atoms with Gasteiger partial charge in [0.15, 0.2) is 0 Å². The zero-order valence-corrected chi connectivity index (χ0v) is 12.9. The second-order valence-electron chi connectivity index (χ2n) is 6.56. The molecule has 1 aliphatic rings. The highest BCUT2D eigenvalue weighted by atomic mass is 19.1. The number of hydrogen-bond donors (Lipinski definition) is 1. The zero-order valence-electron chi connectivity index (χ0n) is 12.9. The van der Waals surface area contributed by atoms with E-state index in [9.17, 15) is 4.39 Å². The van der Waals surface area contributed by atoms with Gasteiger partial charge in [-0.3, -0.25) is 0 Å². The monoisotopic (exact) mass is 277 g/mol. The van der Waals surface area contributed by atoms with Gasteiger partial charge in [-0.05, 0) is 55.3 Å². The molecule has 2 heteroatoms. The van der Waals surface area contributed by atoms with Crippen molar-refractivity contribution in [1.82, 2.24) is 5.32 Å². The van der Waals surface area contributed by atoms with Crippen LogP contribution in [0.2, 0.25) is 0 Å². The van der Waals surface area contributed by atoms with Gasteiger partial charge in [0.25, 0.3) is 0 Å². The Kier molecular flexibility index (Phi) is 5.59. The van der Waals surface area contributed by atoms with E-state index < -0.39 is 0 Å². The van der Waals surface area contributed by atoms with Crippen molar-refractivity contribution >= 4 is 0 Å². The van der Waals surface area contributed by atoms with Crippen LogP contribution in [0.25, 0.3) is 0 Å². The first-order valence-corrected chi connectivity index (χ1v) is 8.12. The molecule has 112 valence electrons. The maximum Gasteiger partial charge on any atom is 0.123 e. The molecule has 1 nitrogen and oxygen atoms in total. The van der Waals surface area contributed by atoms with Crippen LogP contribution in [0.1, 0.15) is 57.9 Å². The van der Waals surface area contributed by atoms with E-state index in [0.717, 1.165) is 24.9 Å². The summed E-state index contributed by atoms with van der Waals surface area (Å²) in [6, 6.07) is 7.55. The van der Waals surface area contributed by atoms with Gasteiger partial charge in [0.1, 0.15) is 5.82 Å². The average molecular weight is 277 g/mol. The predicted octanol–water partition coefficient (Wildman–Crippen LogP) is 4.71. The summed E-state index contributed by atoms with van der Waals surface area (Å²) in [5.74, 6) is -0.120. The van der Waals surface area contributed by atoms with E-state index in [0.29, 0.717) is 11.5 Å². The molecule has 1 fully saturated rings. The van der Waals surface area contributed by atoms with E-state index in [-0.39, 0.29) is 5.82 Å². The van der Waals surface area contributed by atoms with Crippen LogP contribution in [-0.2, 0) is 6.42 Å². The normalized spacial score (nSPS) is 19.8.